The van der Waals surface area contributed by atoms with Crippen LogP contribution in [-0.2, 0) is 10.1 Å². The molecule has 0 fully saturated rings. The molecule has 0 unspecified atom stereocenters. The summed E-state index contributed by atoms with van der Waals surface area (Å²) in [6.45, 7) is 0. The van der Waals surface area contributed by atoms with Crippen LogP contribution in [0.15, 0.2) is 29.3 Å². The number of halogens is 1. The third-order valence-electron chi connectivity index (χ3n) is 1.74. The van der Waals surface area contributed by atoms with Crippen LogP contribution in [0.1, 0.15) is 0 Å². The summed E-state index contributed by atoms with van der Waals surface area (Å²) in [5.74, 6) is 0. The maximum atomic E-state index is 10.9. The Hall–Kier alpha value is 0.396. The monoisotopic (exact) mass is 284 g/mol. The summed E-state index contributed by atoms with van der Waals surface area (Å²) in [5, 5.41) is -0.959. The van der Waals surface area contributed by atoms with E-state index in [4.69, 9.17) is 16.2 Å². The third-order valence-corrected chi connectivity index (χ3v) is 2.89. The third kappa shape index (κ3) is 2.99. The van der Waals surface area contributed by atoms with E-state index in [1.807, 2.05) is 0 Å². The Labute approximate surface area is 139 Å². The fourth-order valence-corrected chi connectivity index (χ4v) is 2.02. The van der Waals surface area contributed by atoms with E-state index in [1.165, 1.54) is 0 Å². The molecule has 1 aromatic carbocycles. The molecule has 0 aliphatic carbocycles. The molecule has 0 bridgehead atoms. The van der Waals surface area contributed by atoms with Gasteiger partial charge < -0.3 is 0 Å². The number of nitrogens with zero attached hydrogens (tertiary/aromatic N) is 2. The number of para-hydroxylation sites is 2. The summed E-state index contributed by atoms with van der Waals surface area (Å²) in [4.78, 5) is 7.52. The SMILES string of the molecule is O=S(=O)(O)c1nc2ccccc2nc1Cl.[KH]. The second-order valence-electron chi connectivity index (χ2n) is 2.78. The first-order chi connectivity index (χ1) is 6.98. The van der Waals surface area contributed by atoms with Crippen LogP contribution < -0.4 is 0 Å². The molecule has 0 saturated heterocycles. The van der Waals surface area contributed by atoms with Gasteiger partial charge in [-0.25, -0.2) is 9.97 Å². The molecule has 1 aromatic heterocycles. The number of aromatic nitrogens is 2. The van der Waals surface area contributed by atoms with Crippen LogP contribution in [0.5, 0.6) is 0 Å². The van der Waals surface area contributed by atoms with Gasteiger partial charge in [-0.05, 0) is 12.1 Å². The van der Waals surface area contributed by atoms with Gasteiger partial charge in [0.1, 0.15) is 0 Å². The first-order valence-electron chi connectivity index (χ1n) is 3.88. The van der Waals surface area contributed by atoms with Crippen LogP contribution >= 0.6 is 11.6 Å². The molecular weight excluding hydrogens is 279 g/mol. The molecular formula is C8H6ClKN2O3S. The van der Waals surface area contributed by atoms with Gasteiger partial charge >= 0.3 is 61.5 Å². The summed E-state index contributed by atoms with van der Waals surface area (Å²) in [5.41, 5.74) is 0.824. The van der Waals surface area contributed by atoms with Gasteiger partial charge in [-0.1, -0.05) is 23.7 Å². The summed E-state index contributed by atoms with van der Waals surface area (Å²) in [7, 11) is -4.43. The molecule has 1 heterocycles. The molecule has 0 saturated carbocycles. The van der Waals surface area contributed by atoms with Gasteiger partial charge in [0.25, 0.3) is 0 Å². The summed E-state index contributed by atoms with van der Waals surface area (Å²) in [6.07, 6.45) is 0. The van der Waals surface area contributed by atoms with Crippen molar-refractivity contribution in [2.75, 3.05) is 0 Å². The van der Waals surface area contributed by atoms with Gasteiger partial charge in [0.05, 0.1) is 11.0 Å². The van der Waals surface area contributed by atoms with Gasteiger partial charge in [-0.2, -0.15) is 8.42 Å². The number of hydrogen-bond donors (Lipinski definition) is 1. The van der Waals surface area contributed by atoms with Gasteiger partial charge in [-0.15, -0.1) is 0 Å². The van der Waals surface area contributed by atoms with E-state index in [0.717, 1.165) is 0 Å². The molecule has 8 heteroatoms. The molecule has 2 aromatic rings. The van der Waals surface area contributed by atoms with Crippen LogP contribution in [0.3, 0.4) is 0 Å². The van der Waals surface area contributed by atoms with Crippen molar-refractivity contribution in [1.29, 1.82) is 0 Å². The zero-order valence-corrected chi connectivity index (χ0v) is 8.83. The molecule has 0 radical (unpaired) electrons. The molecule has 0 amide bonds. The Bertz CT molecular complexity index is 632. The second-order valence-corrected chi connectivity index (χ2v) is 4.48. The predicted octanol–water partition coefficient (Wildman–Crippen LogP) is 0.881. The molecule has 2 rings (SSSR count). The minimum atomic E-state index is -4.43. The van der Waals surface area contributed by atoms with Crippen molar-refractivity contribution in [3.63, 3.8) is 0 Å². The standard InChI is InChI=1S/C8H5ClN2O3S.K.H/c9-7-8(15(12,13)14)11-6-4-2-1-3-5(6)10-7;;/h1-4H,(H,12,13,14);;. The summed E-state index contributed by atoms with van der Waals surface area (Å²) in [6, 6.07) is 6.62. The zero-order valence-electron chi connectivity index (χ0n) is 7.25. The normalized spacial score (nSPS) is 11.1. The van der Waals surface area contributed by atoms with Crippen molar-refractivity contribution in [2.24, 2.45) is 0 Å². The van der Waals surface area contributed by atoms with E-state index >= 15 is 0 Å². The fourth-order valence-electron chi connectivity index (χ4n) is 1.13. The number of rotatable bonds is 1. The molecule has 1 N–H and O–H groups in total. The van der Waals surface area contributed by atoms with Crippen LogP contribution in [0.25, 0.3) is 11.0 Å². The number of hydrogen-bond acceptors (Lipinski definition) is 4. The summed E-state index contributed by atoms with van der Waals surface area (Å²) < 4.78 is 30.5. The van der Waals surface area contributed by atoms with E-state index in [1.54, 1.807) is 24.3 Å². The van der Waals surface area contributed by atoms with Crippen molar-refractivity contribution in [1.82, 2.24) is 9.97 Å². The molecule has 16 heavy (non-hydrogen) atoms. The van der Waals surface area contributed by atoms with E-state index in [-0.39, 0.29) is 56.5 Å². The first kappa shape index (κ1) is 14.5. The van der Waals surface area contributed by atoms with E-state index in [2.05, 4.69) is 9.97 Å². The van der Waals surface area contributed by atoms with Crippen molar-refractivity contribution in [3.8, 4) is 0 Å². The first-order valence-corrected chi connectivity index (χ1v) is 5.70. The van der Waals surface area contributed by atoms with Crippen LogP contribution in [0, 0.1) is 0 Å². The van der Waals surface area contributed by atoms with Crippen molar-refractivity contribution >= 4 is 84.1 Å². The Kier molecular flexibility index (Phi) is 4.84. The maximum absolute atomic E-state index is 10.9. The Balaban J connectivity index is 0.00000128. The van der Waals surface area contributed by atoms with Gasteiger partial charge in [0.2, 0.25) is 5.03 Å². The van der Waals surface area contributed by atoms with E-state index in [0.29, 0.717) is 11.0 Å². The van der Waals surface area contributed by atoms with Crippen molar-refractivity contribution in [3.05, 3.63) is 29.4 Å². The topological polar surface area (TPSA) is 80.2 Å². The Morgan fingerprint density at radius 2 is 1.62 bits per heavy atom. The molecule has 0 spiro atoms. The van der Waals surface area contributed by atoms with Crippen molar-refractivity contribution < 1.29 is 13.0 Å². The quantitative estimate of drug-likeness (QED) is 0.621. The zero-order chi connectivity index (χ0) is 11.1. The van der Waals surface area contributed by atoms with Crippen LogP contribution in [0.4, 0.5) is 0 Å². The number of benzene rings is 1. The molecule has 80 valence electrons. The average Bonchev–Trinajstić information content (AvgIpc) is 2.15. The predicted molar refractivity (Wildman–Crippen MR) is 61.5 cm³/mol. The van der Waals surface area contributed by atoms with Gasteiger partial charge in [-0.3, -0.25) is 4.55 Å². The molecule has 0 atom stereocenters. The second kappa shape index (κ2) is 5.36. The van der Waals surface area contributed by atoms with Gasteiger partial charge in [0.15, 0.2) is 5.15 Å². The van der Waals surface area contributed by atoms with Crippen molar-refractivity contribution in [2.45, 2.75) is 5.03 Å². The fraction of sp³-hybridized carbons (Fsp3) is 0. The average molecular weight is 285 g/mol. The molecule has 0 aliphatic rings. The molecule has 0 aliphatic heterocycles. The summed E-state index contributed by atoms with van der Waals surface area (Å²) >= 11 is 5.58. The molecule has 5 nitrogen and oxygen atoms in total. The Morgan fingerprint density at radius 1 is 1.12 bits per heavy atom. The van der Waals surface area contributed by atoms with E-state index in [9.17, 15) is 8.42 Å². The van der Waals surface area contributed by atoms with Crippen LogP contribution in [0.2, 0.25) is 5.15 Å². The Morgan fingerprint density at radius 3 is 2.12 bits per heavy atom. The van der Waals surface area contributed by atoms with E-state index < -0.39 is 15.1 Å². The minimum absolute atomic E-state index is 0. The van der Waals surface area contributed by atoms with Gasteiger partial charge in [0, 0.05) is 0 Å². The number of fused-ring (bicyclic) bond motifs is 1. The van der Waals surface area contributed by atoms with Crippen LogP contribution in [-0.4, -0.2) is 74.3 Å².